The van der Waals surface area contributed by atoms with E-state index in [1.54, 1.807) is 18.2 Å². The van der Waals surface area contributed by atoms with E-state index in [4.69, 9.17) is 4.74 Å². The van der Waals surface area contributed by atoms with Crippen LogP contribution in [0.5, 0.6) is 5.75 Å². The number of aliphatic hydroxyl groups is 1. The first kappa shape index (κ1) is 19.9. The van der Waals surface area contributed by atoms with E-state index in [-0.39, 0.29) is 11.7 Å². The van der Waals surface area contributed by atoms with E-state index in [1.807, 2.05) is 18.2 Å². The highest BCUT2D eigenvalue weighted by Crippen LogP contribution is 2.35. The van der Waals surface area contributed by atoms with Gasteiger partial charge in [0.2, 0.25) is 5.91 Å². The summed E-state index contributed by atoms with van der Waals surface area (Å²) < 4.78 is 20.0. The molecule has 5 nitrogen and oxygen atoms in total. The number of aliphatic hydroxyl groups excluding tert-OH is 1. The Morgan fingerprint density at radius 2 is 2.03 bits per heavy atom. The third-order valence-corrected chi connectivity index (χ3v) is 6.04. The van der Waals surface area contributed by atoms with Gasteiger partial charge in [-0.2, -0.15) is 0 Å². The van der Waals surface area contributed by atoms with E-state index in [1.165, 1.54) is 13.0 Å². The van der Waals surface area contributed by atoms with Gasteiger partial charge in [-0.25, -0.2) is 4.39 Å². The molecule has 2 aliphatic rings. The highest BCUT2D eigenvalue weighted by Gasteiger charge is 2.39. The number of rotatable bonds is 5. The molecule has 6 heteroatoms. The Bertz CT molecular complexity index is 893. The molecule has 0 bridgehead atoms. The topological polar surface area (TPSA) is 61.8 Å². The lowest BCUT2D eigenvalue weighted by molar-refractivity contribution is -0.121. The van der Waals surface area contributed by atoms with Crippen LogP contribution < -0.4 is 10.1 Å². The van der Waals surface area contributed by atoms with Crippen molar-refractivity contribution < 1.29 is 19.0 Å². The molecule has 1 saturated heterocycles. The lowest BCUT2D eigenvalue weighted by Gasteiger charge is -2.43. The molecule has 1 fully saturated rings. The molecule has 0 aromatic heterocycles. The van der Waals surface area contributed by atoms with Crippen molar-refractivity contribution in [1.82, 2.24) is 10.2 Å². The van der Waals surface area contributed by atoms with Crippen LogP contribution in [0.3, 0.4) is 0 Å². The third-order valence-electron chi connectivity index (χ3n) is 6.04. The summed E-state index contributed by atoms with van der Waals surface area (Å²) in [6.45, 7) is 4.01. The number of halogens is 1. The fraction of sp³-hybridized carbons (Fsp3) is 0.435. The minimum Gasteiger partial charge on any atom is -0.493 e. The molecule has 0 radical (unpaired) electrons. The highest BCUT2D eigenvalue weighted by molar-refractivity contribution is 5.74. The Balaban J connectivity index is 1.44. The van der Waals surface area contributed by atoms with Crippen LogP contribution >= 0.6 is 0 Å². The van der Waals surface area contributed by atoms with Gasteiger partial charge in [-0.3, -0.25) is 4.79 Å². The first-order valence-electron chi connectivity index (χ1n) is 10.2. The van der Waals surface area contributed by atoms with Crippen molar-refractivity contribution in [2.45, 2.75) is 37.8 Å². The molecule has 0 spiro atoms. The molecule has 0 saturated carbocycles. The lowest BCUT2D eigenvalue weighted by Crippen LogP contribution is -2.53. The average Bonchev–Trinajstić information content (AvgIpc) is 3.17. The Morgan fingerprint density at radius 1 is 1.28 bits per heavy atom. The maximum atomic E-state index is 14.5. The summed E-state index contributed by atoms with van der Waals surface area (Å²) in [5.41, 5.74) is 1.87. The van der Waals surface area contributed by atoms with Gasteiger partial charge >= 0.3 is 0 Å². The summed E-state index contributed by atoms with van der Waals surface area (Å²) in [5, 5.41) is 13.7. The monoisotopic (exact) mass is 398 g/mol. The van der Waals surface area contributed by atoms with Crippen molar-refractivity contribution in [3.63, 3.8) is 0 Å². The predicted octanol–water partition coefficient (Wildman–Crippen LogP) is 2.92. The summed E-state index contributed by atoms with van der Waals surface area (Å²) in [4.78, 5) is 14.0. The first-order valence-corrected chi connectivity index (χ1v) is 10.2. The van der Waals surface area contributed by atoms with Crippen LogP contribution in [0, 0.1) is 5.82 Å². The molecule has 1 unspecified atom stereocenters. The van der Waals surface area contributed by atoms with E-state index in [0.717, 1.165) is 23.3 Å². The molecule has 0 aliphatic carbocycles. The van der Waals surface area contributed by atoms with Gasteiger partial charge in [0.15, 0.2) is 0 Å². The maximum Gasteiger partial charge on any atom is 0.217 e. The number of β-amino-alcohol motifs (C(OH)–C–C–N with tert-alkyl or cyclic N) is 1. The molecule has 2 N–H and O–H groups in total. The number of hydrogen-bond donors (Lipinski definition) is 2. The van der Waals surface area contributed by atoms with Crippen molar-refractivity contribution >= 4 is 5.91 Å². The second-order valence-corrected chi connectivity index (χ2v) is 8.03. The van der Waals surface area contributed by atoms with Crippen LogP contribution in [0.4, 0.5) is 4.39 Å². The average molecular weight is 398 g/mol. The number of amides is 1. The van der Waals surface area contributed by atoms with Gasteiger partial charge < -0.3 is 20.1 Å². The van der Waals surface area contributed by atoms with Gasteiger partial charge in [0.1, 0.15) is 11.6 Å². The van der Waals surface area contributed by atoms with Crippen LogP contribution in [-0.2, 0) is 16.8 Å². The maximum absolute atomic E-state index is 14.5. The van der Waals surface area contributed by atoms with Crippen molar-refractivity contribution in [2.24, 2.45) is 0 Å². The summed E-state index contributed by atoms with van der Waals surface area (Å²) >= 11 is 0. The van der Waals surface area contributed by atoms with Gasteiger partial charge in [-0.1, -0.05) is 24.3 Å². The van der Waals surface area contributed by atoms with Crippen LogP contribution in [0.1, 0.15) is 42.6 Å². The Morgan fingerprint density at radius 3 is 2.76 bits per heavy atom. The largest absolute Gasteiger partial charge is 0.493 e. The molecule has 4 rings (SSSR count). The minimum atomic E-state index is -0.705. The molecule has 2 aromatic carbocycles. The lowest BCUT2D eigenvalue weighted by atomic mass is 9.80. The molecular weight excluding hydrogens is 371 g/mol. The second kappa shape index (κ2) is 8.13. The fourth-order valence-electron chi connectivity index (χ4n) is 4.53. The minimum absolute atomic E-state index is 0.165. The van der Waals surface area contributed by atoms with Crippen molar-refractivity contribution in [1.29, 1.82) is 0 Å². The number of carbonyl (C=O) groups excluding carboxylic acids is 1. The summed E-state index contributed by atoms with van der Waals surface area (Å²) in [6, 6.07) is 12.5. The SMILES string of the molecule is CC(=O)NC1(c2ccccc2F)CCN(CC(O)c2ccc3c(c2)CCO3)CC1. The number of nitrogens with zero attached hydrogens (tertiary/aromatic N) is 1. The van der Waals surface area contributed by atoms with Crippen molar-refractivity contribution in [3.05, 3.63) is 65.0 Å². The summed E-state index contributed by atoms with van der Waals surface area (Å²) in [7, 11) is 0. The summed E-state index contributed by atoms with van der Waals surface area (Å²) in [5.74, 6) is 0.445. The molecule has 29 heavy (non-hydrogen) atoms. The number of carbonyl (C=O) groups is 1. The zero-order valence-electron chi connectivity index (χ0n) is 16.7. The summed E-state index contributed by atoms with van der Waals surface area (Å²) in [6.07, 6.45) is 1.47. The second-order valence-electron chi connectivity index (χ2n) is 8.03. The molecule has 1 amide bonds. The van der Waals surface area contributed by atoms with Crippen LogP contribution in [-0.4, -0.2) is 42.2 Å². The predicted molar refractivity (Wildman–Crippen MR) is 108 cm³/mol. The smallest absolute Gasteiger partial charge is 0.217 e. The van der Waals surface area contributed by atoms with Crippen LogP contribution in [0.25, 0.3) is 0 Å². The molecule has 2 aromatic rings. The van der Waals surface area contributed by atoms with Crippen molar-refractivity contribution in [3.8, 4) is 5.75 Å². The number of nitrogens with one attached hydrogen (secondary N) is 1. The normalized spacial score (nSPS) is 19.3. The molecule has 2 aliphatic heterocycles. The standard InChI is InChI=1S/C23H27FN2O3/c1-16(27)25-23(19-4-2-3-5-20(19)24)9-11-26(12-10-23)15-21(28)17-6-7-22-18(14-17)8-13-29-22/h2-7,14,21,28H,8-13,15H2,1H3,(H,25,27). The molecule has 1 atom stereocenters. The fourth-order valence-corrected chi connectivity index (χ4v) is 4.53. The van der Waals surface area contributed by atoms with Crippen LogP contribution in [0.15, 0.2) is 42.5 Å². The molecular formula is C23H27FN2O3. The molecule has 154 valence electrons. The van der Waals surface area contributed by atoms with Gasteiger partial charge in [-0.05, 0) is 42.2 Å². The highest BCUT2D eigenvalue weighted by atomic mass is 19.1. The van der Waals surface area contributed by atoms with E-state index in [0.29, 0.717) is 44.6 Å². The van der Waals surface area contributed by atoms with E-state index in [9.17, 15) is 14.3 Å². The van der Waals surface area contributed by atoms with Gasteiger partial charge in [0.05, 0.1) is 18.2 Å². The first-order chi connectivity index (χ1) is 14.0. The zero-order chi connectivity index (χ0) is 20.4. The number of benzene rings is 2. The number of piperidine rings is 1. The number of ether oxygens (including phenoxy) is 1. The third kappa shape index (κ3) is 4.14. The Hall–Kier alpha value is -2.44. The van der Waals surface area contributed by atoms with E-state index < -0.39 is 11.6 Å². The number of hydrogen-bond acceptors (Lipinski definition) is 4. The number of fused-ring (bicyclic) bond motifs is 1. The van der Waals surface area contributed by atoms with Gasteiger partial charge in [0, 0.05) is 38.5 Å². The Labute approximate surface area is 170 Å². The van der Waals surface area contributed by atoms with Gasteiger partial charge in [0.25, 0.3) is 0 Å². The number of likely N-dealkylation sites (tertiary alicyclic amines) is 1. The van der Waals surface area contributed by atoms with E-state index >= 15 is 0 Å². The van der Waals surface area contributed by atoms with Crippen LogP contribution in [0.2, 0.25) is 0 Å². The van der Waals surface area contributed by atoms with Gasteiger partial charge in [-0.15, -0.1) is 0 Å². The van der Waals surface area contributed by atoms with Crippen molar-refractivity contribution in [2.75, 3.05) is 26.2 Å². The van der Waals surface area contributed by atoms with E-state index in [2.05, 4.69) is 10.2 Å². The zero-order valence-corrected chi connectivity index (χ0v) is 16.7. The Kier molecular flexibility index (Phi) is 5.56. The molecule has 2 heterocycles. The quantitative estimate of drug-likeness (QED) is 0.813.